The van der Waals surface area contributed by atoms with Crippen LogP contribution in [-0.4, -0.2) is 25.7 Å². The van der Waals surface area contributed by atoms with Crippen LogP contribution < -0.4 is 11.1 Å². The molecular formula is C15H24N2O2. The lowest BCUT2D eigenvalue weighted by atomic mass is 9.99. The Balaban J connectivity index is 2.67. The van der Waals surface area contributed by atoms with Crippen LogP contribution in [0.1, 0.15) is 43.9 Å². The average molecular weight is 264 g/mol. The van der Waals surface area contributed by atoms with Crippen LogP contribution in [0.15, 0.2) is 24.3 Å². The molecule has 1 amide bonds. The highest BCUT2D eigenvalue weighted by molar-refractivity contribution is 5.81. The minimum atomic E-state index is -0.586. The molecule has 0 aliphatic carbocycles. The molecule has 0 spiro atoms. The Morgan fingerprint density at radius 3 is 2.16 bits per heavy atom. The molecule has 1 rings (SSSR count). The van der Waals surface area contributed by atoms with Crippen molar-refractivity contribution in [3.05, 3.63) is 35.4 Å². The van der Waals surface area contributed by atoms with Gasteiger partial charge >= 0.3 is 0 Å². The molecule has 0 aliphatic heterocycles. The van der Waals surface area contributed by atoms with Crippen molar-refractivity contribution in [2.24, 2.45) is 5.73 Å². The van der Waals surface area contributed by atoms with Crippen molar-refractivity contribution < 1.29 is 9.53 Å². The van der Waals surface area contributed by atoms with E-state index in [0.29, 0.717) is 5.92 Å². The number of nitrogens with two attached hydrogens (primary N) is 1. The summed E-state index contributed by atoms with van der Waals surface area (Å²) in [5.41, 5.74) is 7.83. The number of hydrogen-bond acceptors (Lipinski definition) is 3. The Kier molecular flexibility index (Phi) is 5.99. The molecule has 1 aromatic carbocycles. The third-order valence-electron chi connectivity index (χ3n) is 3.25. The van der Waals surface area contributed by atoms with Crippen molar-refractivity contribution in [1.29, 1.82) is 0 Å². The molecule has 2 atom stereocenters. The molecule has 0 heterocycles. The average Bonchev–Trinajstić information content (AvgIpc) is 2.40. The standard InChI is InChI=1S/C15H24N2O2/c1-10(2)12-5-7-13(8-6-12)11(3)17-15(18)14(9-16)19-4/h5-8,10-11,14H,9,16H2,1-4H3,(H,17,18). The number of methoxy groups -OCH3 is 1. The fourth-order valence-corrected chi connectivity index (χ4v) is 1.87. The summed E-state index contributed by atoms with van der Waals surface area (Å²) in [4.78, 5) is 11.8. The van der Waals surface area contributed by atoms with Crippen LogP contribution in [0.3, 0.4) is 0 Å². The Bertz CT molecular complexity index is 397. The van der Waals surface area contributed by atoms with Crippen molar-refractivity contribution in [1.82, 2.24) is 5.32 Å². The van der Waals surface area contributed by atoms with Gasteiger partial charge in [-0.2, -0.15) is 0 Å². The van der Waals surface area contributed by atoms with Gasteiger partial charge in [-0.1, -0.05) is 38.1 Å². The van der Waals surface area contributed by atoms with Gasteiger partial charge in [-0.3, -0.25) is 4.79 Å². The van der Waals surface area contributed by atoms with Gasteiger partial charge in [0.1, 0.15) is 6.10 Å². The van der Waals surface area contributed by atoms with Gasteiger partial charge in [-0.25, -0.2) is 0 Å². The lowest BCUT2D eigenvalue weighted by Gasteiger charge is -2.19. The molecule has 19 heavy (non-hydrogen) atoms. The molecule has 0 radical (unpaired) electrons. The van der Waals surface area contributed by atoms with Crippen molar-refractivity contribution >= 4 is 5.91 Å². The van der Waals surface area contributed by atoms with Gasteiger partial charge in [0.25, 0.3) is 5.91 Å². The number of nitrogens with one attached hydrogen (secondary N) is 1. The number of carbonyl (C=O) groups excluding carboxylic acids is 1. The Morgan fingerprint density at radius 2 is 1.74 bits per heavy atom. The fraction of sp³-hybridized carbons (Fsp3) is 0.533. The molecule has 0 fully saturated rings. The van der Waals surface area contributed by atoms with Crippen LogP contribution in [0.4, 0.5) is 0 Å². The van der Waals surface area contributed by atoms with Crippen LogP contribution in [0.5, 0.6) is 0 Å². The maximum Gasteiger partial charge on any atom is 0.250 e. The number of carbonyl (C=O) groups is 1. The zero-order chi connectivity index (χ0) is 14.4. The monoisotopic (exact) mass is 264 g/mol. The largest absolute Gasteiger partial charge is 0.370 e. The van der Waals surface area contributed by atoms with E-state index in [1.165, 1.54) is 12.7 Å². The molecule has 2 unspecified atom stereocenters. The van der Waals surface area contributed by atoms with E-state index >= 15 is 0 Å². The van der Waals surface area contributed by atoms with Gasteiger partial charge in [-0.15, -0.1) is 0 Å². The summed E-state index contributed by atoms with van der Waals surface area (Å²) < 4.78 is 5.01. The summed E-state index contributed by atoms with van der Waals surface area (Å²) in [6.07, 6.45) is -0.586. The summed E-state index contributed by atoms with van der Waals surface area (Å²) in [7, 11) is 1.49. The second kappa shape index (κ2) is 7.26. The van der Waals surface area contributed by atoms with E-state index < -0.39 is 6.10 Å². The lowest BCUT2D eigenvalue weighted by molar-refractivity contribution is -0.131. The highest BCUT2D eigenvalue weighted by atomic mass is 16.5. The normalized spacial score (nSPS) is 14.2. The van der Waals surface area contributed by atoms with E-state index in [0.717, 1.165) is 5.56 Å². The number of ether oxygens (including phenoxy) is 1. The molecule has 3 N–H and O–H groups in total. The van der Waals surface area contributed by atoms with Gasteiger partial charge in [-0.05, 0) is 24.0 Å². The van der Waals surface area contributed by atoms with Gasteiger partial charge in [0.2, 0.25) is 0 Å². The highest BCUT2D eigenvalue weighted by Crippen LogP contribution is 2.18. The predicted octanol–water partition coefficient (Wildman–Crippen LogP) is 1.96. The molecule has 0 aliphatic rings. The Labute approximate surface area is 115 Å². The third kappa shape index (κ3) is 4.33. The highest BCUT2D eigenvalue weighted by Gasteiger charge is 2.18. The Morgan fingerprint density at radius 1 is 1.21 bits per heavy atom. The van der Waals surface area contributed by atoms with E-state index in [-0.39, 0.29) is 18.5 Å². The molecule has 0 saturated carbocycles. The maximum absolute atomic E-state index is 11.8. The SMILES string of the molecule is COC(CN)C(=O)NC(C)c1ccc(C(C)C)cc1. The molecule has 1 aromatic rings. The van der Waals surface area contributed by atoms with E-state index in [1.807, 2.05) is 19.1 Å². The smallest absolute Gasteiger partial charge is 0.250 e. The minimum absolute atomic E-state index is 0.0575. The topological polar surface area (TPSA) is 64.3 Å². The predicted molar refractivity (Wildman–Crippen MR) is 76.9 cm³/mol. The summed E-state index contributed by atoms with van der Waals surface area (Å²) in [6, 6.07) is 8.23. The zero-order valence-corrected chi connectivity index (χ0v) is 12.1. The van der Waals surface area contributed by atoms with Crippen molar-refractivity contribution in [2.45, 2.75) is 38.8 Å². The van der Waals surface area contributed by atoms with Crippen molar-refractivity contribution in [3.8, 4) is 0 Å². The number of benzene rings is 1. The third-order valence-corrected chi connectivity index (χ3v) is 3.25. The van der Waals surface area contributed by atoms with Gasteiger partial charge in [0.15, 0.2) is 0 Å². The molecule has 0 saturated heterocycles. The van der Waals surface area contributed by atoms with Crippen LogP contribution in [-0.2, 0) is 9.53 Å². The van der Waals surface area contributed by atoms with E-state index in [1.54, 1.807) is 0 Å². The van der Waals surface area contributed by atoms with E-state index in [4.69, 9.17) is 10.5 Å². The van der Waals surface area contributed by atoms with Gasteiger partial charge in [0, 0.05) is 13.7 Å². The van der Waals surface area contributed by atoms with Crippen molar-refractivity contribution in [2.75, 3.05) is 13.7 Å². The van der Waals surface area contributed by atoms with Crippen LogP contribution in [0.25, 0.3) is 0 Å². The maximum atomic E-state index is 11.8. The molecule has 0 aromatic heterocycles. The molecule has 106 valence electrons. The first-order valence-electron chi connectivity index (χ1n) is 6.62. The summed E-state index contributed by atoms with van der Waals surface area (Å²) in [5.74, 6) is 0.333. The second-order valence-corrected chi connectivity index (χ2v) is 5.01. The first-order valence-corrected chi connectivity index (χ1v) is 6.62. The first kappa shape index (κ1) is 15.7. The second-order valence-electron chi connectivity index (χ2n) is 5.01. The van der Waals surface area contributed by atoms with Gasteiger partial charge < -0.3 is 15.8 Å². The minimum Gasteiger partial charge on any atom is -0.370 e. The molecular weight excluding hydrogens is 240 g/mol. The fourth-order valence-electron chi connectivity index (χ4n) is 1.87. The van der Waals surface area contributed by atoms with Crippen LogP contribution >= 0.6 is 0 Å². The zero-order valence-electron chi connectivity index (χ0n) is 12.1. The van der Waals surface area contributed by atoms with E-state index in [9.17, 15) is 4.79 Å². The Hall–Kier alpha value is -1.39. The number of hydrogen-bond donors (Lipinski definition) is 2. The first-order chi connectivity index (χ1) is 8.99. The number of amides is 1. The van der Waals surface area contributed by atoms with Crippen molar-refractivity contribution in [3.63, 3.8) is 0 Å². The van der Waals surface area contributed by atoms with E-state index in [2.05, 4.69) is 31.3 Å². The van der Waals surface area contributed by atoms with Crippen LogP contribution in [0, 0.1) is 0 Å². The quantitative estimate of drug-likeness (QED) is 0.825. The number of rotatable bonds is 6. The summed E-state index contributed by atoms with van der Waals surface area (Å²) in [5, 5.41) is 2.90. The molecule has 4 nitrogen and oxygen atoms in total. The van der Waals surface area contributed by atoms with Crippen LogP contribution in [0.2, 0.25) is 0 Å². The summed E-state index contributed by atoms with van der Waals surface area (Å²) in [6.45, 7) is 6.45. The molecule has 4 heteroatoms. The summed E-state index contributed by atoms with van der Waals surface area (Å²) >= 11 is 0. The molecule has 0 bridgehead atoms. The lowest BCUT2D eigenvalue weighted by Crippen LogP contribution is -2.41. The van der Waals surface area contributed by atoms with Gasteiger partial charge in [0.05, 0.1) is 6.04 Å².